The van der Waals surface area contributed by atoms with Crippen molar-refractivity contribution in [3.63, 3.8) is 0 Å². The van der Waals surface area contributed by atoms with Crippen LogP contribution in [-0.2, 0) is 0 Å². The van der Waals surface area contributed by atoms with Crippen LogP contribution >= 0.6 is 0 Å². The molecule has 0 bridgehead atoms. The lowest BCUT2D eigenvalue weighted by molar-refractivity contribution is 0.587. The lowest BCUT2D eigenvalue weighted by Gasteiger charge is -1.82. The first-order valence-electron chi connectivity index (χ1n) is 2.95. The first-order chi connectivity index (χ1) is 5.36. The third-order valence-corrected chi connectivity index (χ3v) is 1.17. The molecule has 6 nitrogen and oxygen atoms in total. The van der Waals surface area contributed by atoms with E-state index in [1.807, 2.05) is 0 Å². The number of hydrogen-bond acceptors (Lipinski definition) is 5. The molecule has 0 aromatic carbocycles. The summed E-state index contributed by atoms with van der Waals surface area (Å²) in [7, 11) is 0. The lowest BCUT2D eigenvalue weighted by Crippen LogP contribution is -1.81. The molecule has 0 radical (unpaired) electrons. The molecule has 3 N–H and O–H groups in total. The van der Waals surface area contributed by atoms with Crippen molar-refractivity contribution < 1.29 is 4.42 Å². The molecule has 0 aliphatic heterocycles. The quantitative estimate of drug-likeness (QED) is 0.600. The van der Waals surface area contributed by atoms with Gasteiger partial charge in [0.1, 0.15) is 5.69 Å². The number of nitrogens with zero attached hydrogens (tertiary/aromatic N) is 3. The average molecular weight is 151 g/mol. The van der Waals surface area contributed by atoms with Crippen LogP contribution in [0.3, 0.4) is 0 Å². The highest BCUT2D eigenvalue weighted by molar-refractivity contribution is 5.45. The van der Waals surface area contributed by atoms with E-state index >= 15 is 0 Å². The Morgan fingerprint density at radius 2 is 2.36 bits per heavy atom. The second-order valence-electron chi connectivity index (χ2n) is 1.92. The van der Waals surface area contributed by atoms with Crippen LogP contribution in [0.25, 0.3) is 11.6 Å². The van der Waals surface area contributed by atoms with Crippen molar-refractivity contribution in [2.45, 2.75) is 0 Å². The predicted molar refractivity (Wildman–Crippen MR) is 36.3 cm³/mol. The van der Waals surface area contributed by atoms with Gasteiger partial charge in [-0.1, -0.05) is 5.10 Å². The van der Waals surface area contributed by atoms with E-state index in [1.54, 1.807) is 12.3 Å². The number of nitrogens with one attached hydrogen (secondary N) is 1. The summed E-state index contributed by atoms with van der Waals surface area (Å²) in [6.07, 6.45) is 1.59. The van der Waals surface area contributed by atoms with Gasteiger partial charge in [-0.15, -0.1) is 5.10 Å². The molecule has 0 amide bonds. The second-order valence-corrected chi connectivity index (χ2v) is 1.92. The van der Waals surface area contributed by atoms with Crippen LogP contribution in [0.4, 0.5) is 6.01 Å². The molecule has 0 spiro atoms. The first-order valence-corrected chi connectivity index (χ1v) is 2.95. The van der Waals surface area contributed by atoms with Crippen molar-refractivity contribution in [3.8, 4) is 11.6 Å². The van der Waals surface area contributed by atoms with Crippen molar-refractivity contribution >= 4 is 6.01 Å². The standard InChI is InChI=1S/C5H5N5O/c6-5-10-9-4(11-5)3-1-2-7-8-3/h1-2H,(H2,6,10)(H,7,8). The number of aromatic amines is 1. The van der Waals surface area contributed by atoms with E-state index in [1.165, 1.54) is 0 Å². The van der Waals surface area contributed by atoms with Crippen LogP contribution in [0.15, 0.2) is 16.7 Å². The van der Waals surface area contributed by atoms with Crippen molar-refractivity contribution in [2.24, 2.45) is 0 Å². The third-order valence-electron chi connectivity index (χ3n) is 1.17. The van der Waals surface area contributed by atoms with E-state index in [9.17, 15) is 0 Å². The summed E-state index contributed by atoms with van der Waals surface area (Å²) >= 11 is 0. The number of hydrogen-bond donors (Lipinski definition) is 2. The summed E-state index contributed by atoms with van der Waals surface area (Å²) in [5.41, 5.74) is 5.87. The second kappa shape index (κ2) is 2.08. The zero-order valence-corrected chi connectivity index (χ0v) is 5.48. The predicted octanol–water partition coefficient (Wildman–Crippen LogP) is 0.0419. The Morgan fingerprint density at radius 1 is 1.45 bits per heavy atom. The molecule has 11 heavy (non-hydrogen) atoms. The molecule has 2 rings (SSSR count). The van der Waals surface area contributed by atoms with Crippen LogP contribution in [0.2, 0.25) is 0 Å². The van der Waals surface area contributed by atoms with Gasteiger partial charge in [-0.2, -0.15) is 5.10 Å². The number of nitrogen functional groups attached to an aromatic ring is 1. The summed E-state index contributed by atoms with van der Waals surface area (Å²) in [4.78, 5) is 0. The van der Waals surface area contributed by atoms with Crippen LogP contribution in [0.1, 0.15) is 0 Å². The molecule has 6 heteroatoms. The van der Waals surface area contributed by atoms with Crippen LogP contribution in [0.5, 0.6) is 0 Å². The molecule has 2 aromatic heterocycles. The largest absolute Gasteiger partial charge is 0.402 e. The van der Waals surface area contributed by atoms with E-state index < -0.39 is 0 Å². The third kappa shape index (κ3) is 0.936. The molecule has 0 fully saturated rings. The van der Waals surface area contributed by atoms with Gasteiger partial charge in [0.05, 0.1) is 0 Å². The van der Waals surface area contributed by atoms with Gasteiger partial charge in [0.15, 0.2) is 0 Å². The Labute approximate surface area is 61.4 Å². The minimum absolute atomic E-state index is 0.0506. The Kier molecular flexibility index (Phi) is 1.12. The lowest BCUT2D eigenvalue weighted by atomic mass is 10.4. The summed E-state index contributed by atoms with van der Waals surface area (Å²) in [6.45, 7) is 0. The van der Waals surface area contributed by atoms with Gasteiger partial charge in [-0.05, 0) is 6.07 Å². The summed E-state index contributed by atoms with van der Waals surface area (Å²) in [6, 6.07) is 1.77. The summed E-state index contributed by atoms with van der Waals surface area (Å²) in [5, 5.41) is 13.5. The molecule has 0 saturated heterocycles. The Hall–Kier alpha value is -1.85. The highest BCUT2D eigenvalue weighted by Crippen LogP contribution is 2.13. The molecule has 2 aromatic rings. The van der Waals surface area contributed by atoms with Crippen molar-refractivity contribution in [1.29, 1.82) is 0 Å². The molecule has 0 saturated carbocycles. The van der Waals surface area contributed by atoms with Crippen molar-refractivity contribution in [2.75, 3.05) is 5.73 Å². The van der Waals surface area contributed by atoms with E-state index in [0.717, 1.165) is 0 Å². The zero-order chi connectivity index (χ0) is 7.68. The van der Waals surface area contributed by atoms with Gasteiger partial charge in [-0.3, -0.25) is 5.10 Å². The fraction of sp³-hybridized carbons (Fsp3) is 0. The van der Waals surface area contributed by atoms with E-state index in [0.29, 0.717) is 11.6 Å². The molecule has 0 aliphatic rings. The van der Waals surface area contributed by atoms with Crippen LogP contribution < -0.4 is 5.73 Å². The monoisotopic (exact) mass is 151 g/mol. The van der Waals surface area contributed by atoms with Crippen molar-refractivity contribution in [1.82, 2.24) is 20.4 Å². The van der Waals surface area contributed by atoms with Gasteiger partial charge in [0, 0.05) is 6.20 Å². The first kappa shape index (κ1) is 5.90. The number of H-pyrrole nitrogens is 1. The molecule has 0 aliphatic carbocycles. The van der Waals surface area contributed by atoms with Crippen LogP contribution in [-0.4, -0.2) is 20.4 Å². The van der Waals surface area contributed by atoms with Crippen LogP contribution in [0, 0.1) is 0 Å². The van der Waals surface area contributed by atoms with Gasteiger partial charge >= 0.3 is 6.01 Å². The molecule has 0 atom stereocenters. The van der Waals surface area contributed by atoms with E-state index in [2.05, 4.69) is 20.4 Å². The fourth-order valence-electron chi connectivity index (χ4n) is 0.718. The topological polar surface area (TPSA) is 93.6 Å². The zero-order valence-electron chi connectivity index (χ0n) is 5.48. The van der Waals surface area contributed by atoms with Crippen molar-refractivity contribution in [3.05, 3.63) is 12.3 Å². The maximum absolute atomic E-state index is 5.21. The summed E-state index contributed by atoms with van der Waals surface area (Å²) < 4.78 is 4.91. The number of rotatable bonds is 1. The number of aromatic nitrogens is 4. The highest BCUT2D eigenvalue weighted by Gasteiger charge is 2.05. The average Bonchev–Trinajstić information content (AvgIpc) is 2.55. The fourth-order valence-corrected chi connectivity index (χ4v) is 0.718. The smallest absolute Gasteiger partial charge is 0.313 e. The van der Waals surface area contributed by atoms with Gasteiger partial charge < -0.3 is 10.2 Å². The maximum atomic E-state index is 5.21. The van der Waals surface area contributed by atoms with Gasteiger partial charge in [0.2, 0.25) is 0 Å². The Bertz CT molecular complexity index is 337. The Morgan fingerprint density at radius 3 is 2.91 bits per heavy atom. The summed E-state index contributed by atoms with van der Waals surface area (Å²) in [5.74, 6) is 0.347. The minimum atomic E-state index is 0.0506. The van der Waals surface area contributed by atoms with Gasteiger partial charge in [-0.25, -0.2) is 0 Å². The number of nitrogens with two attached hydrogens (primary N) is 1. The molecule has 0 unspecified atom stereocenters. The SMILES string of the molecule is Nc1nnc(-c2ccn[nH]2)o1. The van der Waals surface area contributed by atoms with E-state index in [4.69, 9.17) is 10.2 Å². The normalized spacial score (nSPS) is 10.2. The molecular weight excluding hydrogens is 146 g/mol. The number of anilines is 1. The maximum Gasteiger partial charge on any atom is 0.313 e. The molecule has 2 heterocycles. The highest BCUT2D eigenvalue weighted by atomic mass is 16.4. The van der Waals surface area contributed by atoms with E-state index in [-0.39, 0.29) is 6.01 Å². The molecule has 56 valence electrons. The minimum Gasteiger partial charge on any atom is -0.402 e. The molecular formula is C5H5N5O. The van der Waals surface area contributed by atoms with Gasteiger partial charge in [0.25, 0.3) is 5.89 Å². The Balaban J connectivity index is 2.45.